The van der Waals surface area contributed by atoms with E-state index in [-0.39, 0.29) is 35.5 Å². The lowest BCUT2D eigenvalue weighted by atomic mass is 9.67. The number of carbonyl (C=O) groups excluding carboxylic acids is 1. The Kier molecular flexibility index (Phi) is 4.48. The number of nitrogens with one attached hydrogen (secondary N) is 3. The first-order valence-electron chi connectivity index (χ1n) is 11.2. The summed E-state index contributed by atoms with van der Waals surface area (Å²) in [5.74, 6) is 0.411. The molecule has 3 saturated heterocycles. The maximum atomic E-state index is 12.4. The predicted molar refractivity (Wildman–Crippen MR) is 103 cm³/mol. The van der Waals surface area contributed by atoms with E-state index >= 15 is 0 Å². The minimum absolute atomic E-state index is 0.0116. The van der Waals surface area contributed by atoms with Gasteiger partial charge in [0.1, 0.15) is 5.60 Å². The summed E-state index contributed by atoms with van der Waals surface area (Å²) in [6.07, 6.45) is 9.71. The molecule has 0 spiro atoms. The van der Waals surface area contributed by atoms with Crippen LogP contribution in [-0.2, 0) is 4.79 Å². The maximum absolute atomic E-state index is 12.4. The van der Waals surface area contributed by atoms with E-state index in [4.69, 9.17) is 0 Å². The van der Waals surface area contributed by atoms with Gasteiger partial charge in [-0.3, -0.25) is 15.5 Å². The fourth-order valence-electron chi connectivity index (χ4n) is 7.05. The average Bonchev–Trinajstić information content (AvgIpc) is 3.14. The summed E-state index contributed by atoms with van der Waals surface area (Å²) in [7, 11) is 0. The van der Waals surface area contributed by atoms with Crippen LogP contribution in [-0.4, -0.2) is 52.0 Å². The van der Waals surface area contributed by atoms with Crippen molar-refractivity contribution in [3.8, 4) is 6.07 Å². The SMILES string of the molecule is CC1(O)C(=O)NC2NCCC(C3NN(C4(CC#N)CCC4)C4CCCCC34)C21. The Hall–Kier alpha value is -1.20. The van der Waals surface area contributed by atoms with E-state index in [0.717, 1.165) is 25.8 Å². The van der Waals surface area contributed by atoms with Crippen molar-refractivity contribution in [2.45, 2.75) is 94.1 Å². The van der Waals surface area contributed by atoms with Gasteiger partial charge in [0.05, 0.1) is 18.7 Å². The molecule has 154 valence electrons. The number of nitriles is 1. The summed E-state index contributed by atoms with van der Waals surface area (Å²) in [6.45, 7) is 2.54. The highest BCUT2D eigenvalue weighted by Crippen LogP contribution is 2.50. The molecule has 5 fully saturated rings. The van der Waals surface area contributed by atoms with Crippen LogP contribution in [0.25, 0.3) is 0 Å². The van der Waals surface area contributed by atoms with E-state index < -0.39 is 5.60 Å². The lowest BCUT2D eigenvalue weighted by molar-refractivity contribution is -0.138. The molecule has 0 aromatic rings. The van der Waals surface area contributed by atoms with Gasteiger partial charge in [-0.25, -0.2) is 5.01 Å². The lowest BCUT2D eigenvalue weighted by Crippen LogP contribution is -2.62. The molecule has 4 N–H and O–H groups in total. The molecule has 7 nitrogen and oxygen atoms in total. The number of hydrogen-bond acceptors (Lipinski definition) is 6. The van der Waals surface area contributed by atoms with E-state index in [2.05, 4.69) is 27.1 Å². The van der Waals surface area contributed by atoms with E-state index in [0.29, 0.717) is 18.4 Å². The van der Waals surface area contributed by atoms with Gasteiger partial charge in [0, 0.05) is 23.5 Å². The van der Waals surface area contributed by atoms with Gasteiger partial charge in [-0.15, -0.1) is 0 Å². The molecule has 7 unspecified atom stereocenters. The Morgan fingerprint density at radius 1 is 1.21 bits per heavy atom. The molecular formula is C21H33N5O2. The second-order valence-electron chi connectivity index (χ2n) is 9.98. The van der Waals surface area contributed by atoms with E-state index in [1.165, 1.54) is 32.1 Å². The highest BCUT2D eigenvalue weighted by molar-refractivity contribution is 5.87. The predicted octanol–water partition coefficient (Wildman–Crippen LogP) is 1.00. The Bertz CT molecular complexity index is 685. The molecular weight excluding hydrogens is 354 g/mol. The zero-order valence-corrected chi connectivity index (χ0v) is 16.8. The molecule has 0 aromatic carbocycles. The zero-order valence-electron chi connectivity index (χ0n) is 16.8. The van der Waals surface area contributed by atoms with Gasteiger partial charge in [0.25, 0.3) is 5.91 Å². The molecule has 3 aliphatic heterocycles. The van der Waals surface area contributed by atoms with Crippen LogP contribution in [0.1, 0.15) is 64.7 Å². The smallest absolute Gasteiger partial charge is 0.253 e. The van der Waals surface area contributed by atoms with Crippen LogP contribution < -0.4 is 16.1 Å². The molecule has 7 heteroatoms. The van der Waals surface area contributed by atoms with Gasteiger partial charge in [0.2, 0.25) is 0 Å². The van der Waals surface area contributed by atoms with Crippen LogP contribution in [0, 0.1) is 29.1 Å². The van der Waals surface area contributed by atoms with Crippen LogP contribution in [0.15, 0.2) is 0 Å². The first-order chi connectivity index (χ1) is 13.5. The highest BCUT2D eigenvalue weighted by Gasteiger charge is 2.61. The van der Waals surface area contributed by atoms with E-state index in [1.807, 2.05) is 0 Å². The number of piperidine rings is 1. The fourth-order valence-corrected chi connectivity index (χ4v) is 7.05. The largest absolute Gasteiger partial charge is 0.380 e. The van der Waals surface area contributed by atoms with Crippen LogP contribution in [0.3, 0.4) is 0 Å². The van der Waals surface area contributed by atoms with Crippen molar-refractivity contribution >= 4 is 5.91 Å². The van der Waals surface area contributed by atoms with Crippen molar-refractivity contribution in [1.29, 1.82) is 5.26 Å². The summed E-state index contributed by atoms with van der Waals surface area (Å²) in [5.41, 5.74) is 2.56. The normalized spacial score (nSPS) is 47.5. The topological polar surface area (TPSA) is 100 Å². The van der Waals surface area contributed by atoms with Crippen molar-refractivity contribution in [2.75, 3.05) is 6.54 Å². The van der Waals surface area contributed by atoms with Gasteiger partial charge in [-0.2, -0.15) is 5.26 Å². The number of nitrogens with zero attached hydrogens (tertiary/aromatic N) is 2. The Balaban J connectivity index is 1.46. The molecule has 0 radical (unpaired) electrons. The Labute approximate surface area is 167 Å². The van der Waals surface area contributed by atoms with Crippen LogP contribution in [0.4, 0.5) is 0 Å². The average molecular weight is 388 g/mol. The summed E-state index contributed by atoms with van der Waals surface area (Å²) in [4.78, 5) is 12.4. The minimum atomic E-state index is -1.33. The van der Waals surface area contributed by atoms with Gasteiger partial charge in [0.15, 0.2) is 0 Å². The monoisotopic (exact) mass is 387 g/mol. The number of amides is 1. The van der Waals surface area contributed by atoms with E-state index in [1.54, 1.807) is 6.92 Å². The third kappa shape index (κ3) is 2.58. The van der Waals surface area contributed by atoms with Gasteiger partial charge in [-0.1, -0.05) is 12.8 Å². The summed E-state index contributed by atoms with van der Waals surface area (Å²) >= 11 is 0. The zero-order chi connectivity index (χ0) is 19.5. The van der Waals surface area contributed by atoms with Gasteiger partial charge < -0.3 is 10.4 Å². The van der Waals surface area contributed by atoms with Gasteiger partial charge >= 0.3 is 0 Å². The number of carbonyl (C=O) groups is 1. The third-order valence-corrected chi connectivity index (χ3v) is 8.59. The Morgan fingerprint density at radius 2 is 2.00 bits per heavy atom. The number of rotatable bonds is 3. The minimum Gasteiger partial charge on any atom is -0.380 e. The van der Waals surface area contributed by atoms with Crippen molar-refractivity contribution < 1.29 is 9.90 Å². The molecule has 2 aliphatic carbocycles. The molecule has 3 heterocycles. The van der Waals surface area contributed by atoms with Crippen molar-refractivity contribution in [3.05, 3.63) is 0 Å². The first-order valence-corrected chi connectivity index (χ1v) is 11.2. The number of hydrogen-bond donors (Lipinski definition) is 4. The molecule has 0 bridgehead atoms. The van der Waals surface area contributed by atoms with Crippen LogP contribution in [0.2, 0.25) is 0 Å². The summed E-state index contributed by atoms with van der Waals surface area (Å²) in [5, 5.41) is 29.3. The number of fused-ring (bicyclic) bond motifs is 2. The fraction of sp³-hybridized carbons (Fsp3) is 0.905. The highest BCUT2D eigenvalue weighted by atomic mass is 16.3. The van der Waals surface area contributed by atoms with Crippen LogP contribution >= 0.6 is 0 Å². The van der Waals surface area contributed by atoms with Crippen molar-refractivity contribution in [3.63, 3.8) is 0 Å². The van der Waals surface area contributed by atoms with E-state index in [9.17, 15) is 15.2 Å². The quantitative estimate of drug-likeness (QED) is 0.577. The molecule has 0 aromatic heterocycles. The lowest BCUT2D eigenvalue weighted by Gasteiger charge is -2.50. The first kappa shape index (κ1) is 18.8. The third-order valence-electron chi connectivity index (χ3n) is 8.59. The molecule has 5 rings (SSSR count). The second-order valence-corrected chi connectivity index (χ2v) is 9.98. The number of aliphatic hydroxyl groups is 1. The molecule has 2 saturated carbocycles. The molecule has 1 amide bonds. The summed E-state index contributed by atoms with van der Waals surface area (Å²) < 4.78 is 0. The standard InChI is InChI=1S/C21H33N5O2/c1-20(28)16-14(7-12-23-18(16)24-19(20)27)17-13-5-2-3-6-15(13)26(25-17)21(10-11-22)8-4-9-21/h13-18,23,25,28H,2-10,12H2,1H3,(H,24,27). The van der Waals surface area contributed by atoms with Crippen molar-refractivity contribution in [2.24, 2.45) is 17.8 Å². The molecule has 5 aliphatic rings. The number of hydrazine groups is 1. The van der Waals surface area contributed by atoms with Crippen molar-refractivity contribution in [1.82, 2.24) is 21.1 Å². The van der Waals surface area contributed by atoms with Crippen LogP contribution in [0.5, 0.6) is 0 Å². The molecule has 7 atom stereocenters. The maximum Gasteiger partial charge on any atom is 0.253 e. The summed E-state index contributed by atoms with van der Waals surface area (Å²) in [6, 6.07) is 3.20. The molecule has 28 heavy (non-hydrogen) atoms. The second kappa shape index (κ2) is 6.66. The Morgan fingerprint density at radius 3 is 2.71 bits per heavy atom. The van der Waals surface area contributed by atoms with Gasteiger partial charge in [-0.05, 0) is 63.8 Å².